The summed E-state index contributed by atoms with van der Waals surface area (Å²) in [7, 11) is 0. The van der Waals surface area contributed by atoms with Crippen molar-refractivity contribution in [2.45, 2.75) is 6.54 Å². The van der Waals surface area contributed by atoms with Crippen LogP contribution in [0.25, 0.3) is 11.0 Å². The predicted octanol–water partition coefficient (Wildman–Crippen LogP) is 2.90. The van der Waals surface area contributed by atoms with E-state index in [4.69, 9.17) is 5.11 Å². The number of nitrogens with zero attached hydrogens (tertiary/aromatic N) is 1. The maximum absolute atomic E-state index is 12.0. The standard InChI is InChI=1S/C13H9BrN2O3S/c14-10-5-4-7(20-10)6-16-9-3-1-2-8(12(17)18)11(9)15-13(16)19/h1-5H,6H2,(H,15,19)(H,17,18). The topological polar surface area (TPSA) is 75.1 Å². The summed E-state index contributed by atoms with van der Waals surface area (Å²) in [6.45, 7) is 0.415. The van der Waals surface area contributed by atoms with Crippen molar-refractivity contribution in [2.75, 3.05) is 0 Å². The van der Waals surface area contributed by atoms with Gasteiger partial charge in [-0.2, -0.15) is 0 Å². The highest BCUT2D eigenvalue weighted by molar-refractivity contribution is 9.11. The van der Waals surface area contributed by atoms with Gasteiger partial charge in [0, 0.05) is 4.88 Å². The van der Waals surface area contributed by atoms with Gasteiger partial charge in [-0.25, -0.2) is 9.59 Å². The van der Waals surface area contributed by atoms with Gasteiger partial charge in [-0.05, 0) is 40.2 Å². The first-order valence-corrected chi connectivity index (χ1v) is 7.36. The summed E-state index contributed by atoms with van der Waals surface area (Å²) in [5, 5.41) is 9.14. The van der Waals surface area contributed by atoms with Crippen LogP contribution in [0.15, 0.2) is 38.9 Å². The first-order valence-electron chi connectivity index (χ1n) is 5.75. The minimum absolute atomic E-state index is 0.103. The zero-order chi connectivity index (χ0) is 14.3. The van der Waals surface area contributed by atoms with Gasteiger partial charge < -0.3 is 10.1 Å². The number of halogens is 1. The van der Waals surface area contributed by atoms with Crippen LogP contribution in [-0.4, -0.2) is 20.6 Å². The van der Waals surface area contributed by atoms with Gasteiger partial charge in [-0.3, -0.25) is 4.57 Å². The van der Waals surface area contributed by atoms with Crippen LogP contribution in [0.2, 0.25) is 0 Å². The summed E-state index contributed by atoms with van der Waals surface area (Å²) in [5.74, 6) is -1.05. The number of H-pyrrole nitrogens is 1. The van der Waals surface area contributed by atoms with Crippen molar-refractivity contribution in [1.82, 2.24) is 9.55 Å². The Labute approximate surface area is 125 Å². The molecule has 0 atom stereocenters. The fourth-order valence-corrected chi connectivity index (χ4v) is 3.58. The molecule has 0 spiro atoms. The van der Waals surface area contributed by atoms with Crippen molar-refractivity contribution in [3.8, 4) is 0 Å². The Bertz CT molecular complexity index is 862. The number of hydrogen-bond acceptors (Lipinski definition) is 3. The number of aromatic carboxylic acids is 1. The summed E-state index contributed by atoms with van der Waals surface area (Å²) in [6.07, 6.45) is 0. The zero-order valence-corrected chi connectivity index (χ0v) is 12.5. The van der Waals surface area contributed by atoms with Gasteiger partial charge in [0.15, 0.2) is 0 Å². The number of imidazole rings is 1. The van der Waals surface area contributed by atoms with Gasteiger partial charge in [0.2, 0.25) is 0 Å². The molecule has 0 fully saturated rings. The maximum Gasteiger partial charge on any atom is 0.337 e. The van der Waals surface area contributed by atoms with Crippen LogP contribution in [0.5, 0.6) is 0 Å². The number of thiophene rings is 1. The molecule has 0 saturated heterocycles. The fourth-order valence-electron chi connectivity index (χ4n) is 2.11. The van der Waals surface area contributed by atoms with Gasteiger partial charge in [0.1, 0.15) is 0 Å². The van der Waals surface area contributed by atoms with Gasteiger partial charge in [0.05, 0.1) is 26.9 Å². The minimum atomic E-state index is -1.05. The molecule has 102 valence electrons. The Balaban J connectivity index is 2.16. The molecule has 1 aromatic carbocycles. The monoisotopic (exact) mass is 352 g/mol. The molecule has 0 saturated carbocycles. The number of carbonyl (C=O) groups is 1. The highest BCUT2D eigenvalue weighted by Gasteiger charge is 2.14. The van der Waals surface area contributed by atoms with E-state index in [1.165, 1.54) is 6.07 Å². The molecule has 0 aliphatic carbocycles. The number of para-hydroxylation sites is 1. The minimum Gasteiger partial charge on any atom is -0.478 e. The molecule has 0 unspecified atom stereocenters. The number of aromatic nitrogens is 2. The van der Waals surface area contributed by atoms with Gasteiger partial charge in [0.25, 0.3) is 0 Å². The first kappa shape index (κ1) is 13.1. The largest absolute Gasteiger partial charge is 0.478 e. The Kier molecular flexibility index (Phi) is 3.23. The van der Waals surface area contributed by atoms with E-state index >= 15 is 0 Å². The van der Waals surface area contributed by atoms with Gasteiger partial charge in [-0.15, -0.1) is 11.3 Å². The molecule has 20 heavy (non-hydrogen) atoms. The molecule has 0 radical (unpaired) electrons. The van der Waals surface area contributed by atoms with E-state index in [9.17, 15) is 9.59 Å². The highest BCUT2D eigenvalue weighted by atomic mass is 79.9. The zero-order valence-electron chi connectivity index (χ0n) is 10.1. The molecule has 0 bridgehead atoms. The van der Waals surface area contributed by atoms with Crippen LogP contribution < -0.4 is 5.69 Å². The smallest absolute Gasteiger partial charge is 0.337 e. The molecular weight excluding hydrogens is 344 g/mol. The van der Waals surface area contributed by atoms with Gasteiger partial charge in [-0.1, -0.05) is 6.07 Å². The lowest BCUT2D eigenvalue weighted by Gasteiger charge is -2.01. The molecule has 7 heteroatoms. The van der Waals surface area contributed by atoms with Gasteiger partial charge >= 0.3 is 11.7 Å². The molecule has 3 aromatic rings. The lowest BCUT2D eigenvalue weighted by atomic mass is 10.2. The Morgan fingerprint density at radius 2 is 2.15 bits per heavy atom. The van der Waals surface area contributed by atoms with Crippen molar-refractivity contribution in [3.63, 3.8) is 0 Å². The lowest BCUT2D eigenvalue weighted by molar-refractivity contribution is 0.0699. The quantitative estimate of drug-likeness (QED) is 0.760. The number of aromatic amines is 1. The second-order valence-corrected chi connectivity index (χ2v) is 6.77. The number of carboxylic acid groups (broad SMARTS) is 1. The van der Waals surface area contributed by atoms with E-state index in [1.807, 2.05) is 12.1 Å². The van der Waals surface area contributed by atoms with Crippen molar-refractivity contribution in [3.05, 3.63) is 55.0 Å². The number of rotatable bonds is 3. The average Bonchev–Trinajstić information content (AvgIpc) is 2.94. The van der Waals surface area contributed by atoms with E-state index in [0.29, 0.717) is 17.6 Å². The van der Waals surface area contributed by atoms with Crippen molar-refractivity contribution >= 4 is 44.3 Å². The second-order valence-electron chi connectivity index (χ2n) is 4.23. The molecule has 2 N–H and O–H groups in total. The average molecular weight is 353 g/mol. The van der Waals surface area contributed by atoms with Crippen LogP contribution in [0.1, 0.15) is 15.2 Å². The summed E-state index contributed by atoms with van der Waals surface area (Å²) < 4.78 is 2.53. The van der Waals surface area contributed by atoms with E-state index in [2.05, 4.69) is 20.9 Å². The van der Waals surface area contributed by atoms with Crippen molar-refractivity contribution in [2.24, 2.45) is 0 Å². The van der Waals surface area contributed by atoms with Crippen molar-refractivity contribution < 1.29 is 9.90 Å². The Morgan fingerprint density at radius 1 is 1.35 bits per heavy atom. The number of nitrogens with one attached hydrogen (secondary N) is 1. The Morgan fingerprint density at radius 3 is 2.80 bits per heavy atom. The second kappa shape index (κ2) is 4.92. The van der Waals surface area contributed by atoms with E-state index < -0.39 is 5.97 Å². The summed E-state index contributed by atoms with van der Waals surface area (Å²) >= 11 is 4.92. The van der Waals surface area contributed by atoms with Crippen molar-refractivity contribution in [1.29, 1.82) is 0 Å². The van der Waals surface area contributed by atoms with E-state index in [1.54, 1.807) is 28.0 Å². The van der Waals surface area contributed by atoms with Crippen LogP contribution in [0, 0.1) is 0 Å². The summed E-state index contributed by atoms with van der Waals surface area (Å²) in [4.78, 5) is 26.8. The molecule has 0 aliphatic heterocycles. The molecule has 0 amide bonds. The predicted molar refractivity (Wildman–Crippen MR) is 80.6 cm³/mol. The number of hydrogen-bond donors (Lipinski definition) is 2. The molecule has 2 heterocycles. The first-order chi connectivity index (χ1) is 9.56. The SMILES string of the molecule is O=C(O)c1cccc2c1[nH]c(=O)n2Cc1ccc(Br)s1. The van der Waals surface area contributed by atoms with E-state index in [0.717, 1.165) is 8.66 Å². The lowest BCUT2D eigenvalue weighted by Crippen LogP contribution is -2.16. The normalized spacial score (nSPS) is 11.1. The van der Waals surface area contributed by atoms with Crippen LogP contribution in [0.4, 0.5) is 0 Å². The third-order valence-corrected chi connectivity index (χ3v) is 4.59. The molecule has 3 rings (SSSR count). The summed E-state index contributed by atoms with van der Waals surface area (Å²) in [6, 6.07) is 8.71. The maximum atomic E-state index is 12.0. The van der Waals surface area contributed by atoms with Crippen LogP contribution in [-0.2, 0) is 6.54 Å². The third kappa shape index (κ3) is 2.19. The number of benzene rings is 1. The molecule has 0 aliphatic rings. The number of carboxylic acids is 1. The van der Waals surface area contributed by atoms with Crippen LogP contribution >= 0.6 is 27.3 Å². The fraction of sp³-hybridized carbons (Fsp3) is 0.0769. The van der Waals surface area contributed by atoms with E-state index in [-0.39, 0.29) is 11.3 Å². The molecule has 2 aromatic heterocycles. The highest BCUT2D eigenvalue weighted by Crippen LogP contribution is 2.24. The number of fused-ring (bicyclic) bond motifs is 1. The molecule has 5 nitrogen and oxygen atoms in total. The Hall–Kier alpha value is -1.86. The summed E-state index contributed by atoms with van der Waals surface area (Å²) in [5.41, 5.74) is 0.754. The third-order valence-electron chi connectivity index (χ3n) is 2.98. The molecular formula is C13H9BrN2O3S. The van der Waals surface area contributed by atoms with Crippen LogP contribution in [0.3, 0.4) is 0 Å².